The second-order valence-corrected chi connectivity index (χ2v) is 6.12. The summed E-state index contributed by atoms with van der Waals surface area (Å²) >= 11 is 0. The molecule has 2 aliphatic rings. The molecule has 1 spiro atoms. The zero-order chi connectivity index (χ0) is 9.53. The van der Waals surface area contributed by atoms with E-state index in [2.05, 4.69) is 20.4 Å². The van der Waals surface area contributed by atoms with Gasteiger partial charge in [0.2, 0.25) is 0 Å². The van der Waals surface area contributed by atoms with Crippen molar-refractivity contribution in [2.75, 3.05) is 0 Å². The summed E-state index contributed by atoms with van der Waals surface area (Å²) in [7, 11) is 0. The van der Waals surface area contributed by atoms with E-state index >= 15 is 0 Å². The fraction of sp³-hybridized carbons (Fsp3) is 0.846. The van der Waals surface area contributed by atoms with Crippen LogP contribution < -0.4 is 0 Å². The summed E-state index contributed by atoms with van der Waals surface area (Å²) in [5.41, 5.74) is 2.79. The van der Waals surface area contributed by atoms with Gasteiger partial charge < -0.3 is 0 Å². The van der Waals surface area contributed by atoms with E-state index in [1.54, 1.807) is 0 Å². The first-order valence-electron chi connectivity index (χ1n) is 5.68. The molecule has 1 atom stereocenters. The molecule has 0 saturated heterocycles. The van der Waals surface area contributed by atoms with Crippen LogP contribution in [0.1, 0.15) is 58.8 Å². The fourth-order valence-electron chi connectivity index (χ4n) is 3.65. The highest BCUT2D eigenvalue weighted by Crippen LogP contribution is 2.55. The molecule has 2 saturated carbocycles. The molecule has 1 unspecified atom stereocenters. The third-order valence-electron chi connectivity index (χ3n) is 4.05. The highest BCUT2D eigenvalue weighted by molar-refractivity contribution is 5.10. The van der Waals surface area contributed by atoms with Crippen LogP contribution in [0.15, 0.2) is 12.2 Å². The van der Waals surface area contributed by atoms with Gasteiger partial charge in [-0.15, -0.1) is 0 Å². The molecular weight excluding hydrogens is 156 g/mol. The summed E-state index contributed by atoms with van der Waals surface area (Å²) in [5.74, 6) is 0. The minimum absolute atomic E-state index is 0.600. The van der Waals surface area contributed by atoms with E-state index in [0.717, 1.165) is 0 Å². The third-order valence-corrected chi connectivity index (χ3v) is 4.05. The molecule has 2 rings (SSSR count). The number of hydrogen-bond donors (Lipinski definition) is 0. The van der Waals surface area contributed by atoms with Gasteiger partial charge in [0.05, 0.1) is 0 Å². The lowest BCUT2D eigenvalue weighted by molar-refractivity contribution is 0.0914. The summed E-state index contributed by atoms with van der Waals surface area (Å²) < 4.78 is 0. The molecule has 0 amide bonds. The Labute approximate surface area is 82.4 Å². The predicted molar refractivity (Wildman–Crippen MR) is 57.7 cm³/mol. The first-order chi connectivity index (χ1) is 6.02. The highest BCUT2D eigenvalue weighted by atomic mass is 14.5. The average Bonchev–Trinajstić information content (AvgIpc) is 2.29. The SMILES string of the molecule is C=C1CCC2(CCCC(C)(C)C2)C1. The van der Waals surface area contributed by atoms with Crippen LogP contribution in [-0.4, -0.2) is 0 Å². The Morgan fingerprint density at radius 3 is 2.46 bits per heavy atom. The Kier molecular flexibility index (Phi) is 2.05. The van der Waals surface area contributed by atoms with Gasteiger partial charge in [0.25, 0.3) is 0 Å². The fourth-order valence-corrected chi connectivity index (χ4v) is 3.65. The topological polar surface area (TPSA) is 0 Å². The second kappa shape index (κ2) is 2.87. The second-order valence-electron chi connectivity index (χ2n) is 6.12. The van der Waals surface area contributed by atoms with Crippen LogP contribution in [0.4, 0.5) is 0 Å². The number of rotatable bonds is 0. The van der Waals surface area contributed by atoms with Crippen molar-refractivity contribution in [3.05, 3.63) is 12.2 Å². The quantitative estimate of drug-likeness (QED) is 0.485. The van der Waals surface area contributed by atoms with Crippen LogP contribution in [0.25, 0.3) is 0 Å². The standard InChI is InChI=1S/C13H22/c1-11-5-8-13(9-11)7-4-6-12(2,3)10-13/h1,4-10H2,2-3H3. The first kappa shape index (κ1) is 9.30. The van der Waals surface area contributed by atoms with E-state index in [0.29, 0.717) is 10.8 Å². The van der Waals surface area contributed by atoms with Crippen LogP contribution in [-0.2, 0) is 0 Å². The molecule has 0 aromatic carbocycles. The lowest BCUT2D eigenvalue weighted by Gasteiger charge is -2.42. The molecule has 2 aliphatic carbocycles. The maximum absolute atomic E-state index is 4.15. The first-order valence-corrected chi connectivity index (χ1v) is 5.68. The molecule has 0 aliphatic heterocycles. The normalized spacial score (nSPS) is 38.5. The average molecular weight is 178 g/mol. The molecule has 2 fully saturated rings. The molecule has 0 aromatic heterocycles. The van der Waals surface area contributed by atoms with Crippen molar-refractivity contribution in [2.24, 2.45) is 10.8 Å². The van der Waals surface area contributed by atoms with E-state index in [-0.39, 0.29) is 0 Å². The summed E-state index contributed by atoms with van der Waals surface area (Å²) in [6.45, 7) is 9.03. The zero-order valence-electron chi connectivity index (χ0n) is 9.16. The van der Waals surface area contributed by atoms with E-state index in [9.17, 15) is 0 Å². The molecule has 0 heterocycles. The molecule has 0 radical (unpaired) electrons. The minimum Gasteiger partial charge on any atom is -0.0998 e. The molecule has 13 heavy (non-hydrogen) atoms. The molecule has 0 N–H and O–H groups in total. The van der Waals surface area contributed by atoms with Crippen molar-refractivity contribution >= 4 is 0 Å². The smallest absolute Gasteiger partial charge is 0.0252 e. The minimum atomic E-state index is 0.600. The largest absolute Gasteiger partial charge is 0.0998 e. The van der Waals surface area contributed by atoms with Gasteiger partial charge >= 0.3 is 0 Å². The Morgan fingerprint density at radius 2 is 1.92 bits per heavy atom. The molecule has 0 bridgehead atoms. The van der Waals surface area contributed by atoms with Gasteiger partial charge in [-0.3, -0.25) is 0 Å². The van der Waals surface area contributed by atoms with Crippen LogP contribution >= 0.6 is 0 Å². The van der Waals surface area contributed by atoms with Gasteiger partial charge in [-0.1, -0.05) is 32.4 Å². The molecular formula is C13H22. The summed E-state index contributed by atoms with van der Waals surface area (Å²) in [4.78, 5) is 0. The Bertz CT molecular complexity index is 224. The lowest BCUT2D eigenvalue weighted by atomic mass is 9.63. The van der Waals surface area contributed by atoms with Crippen LogP contribution in [0.2, 0.25) is 0 Å². The Balaban J connectivity index is 2.11. The molecule has 74 valence electrons. The maximum Gasteiger partial charge on any atom is -0.0252 e. The molecule has 0 heteroatoms. The van der Waals surface area contributed by atoms with E-state index in [1.165, 1.54) is 50.5 Å². The molecule has 0 aromatic rings. The molecule has 0 nitrogen and oxygen atoms in total. The van der Waals surface area contributed by atoms with Crippen molar-refractivity contribution in [2.45, 2.75) is 58.8 Å². The van der Waals surface area contributed by atoms with Gasteiger partial charge in [0, 0.05) is 0 Å². The third kappa shape index (κ3) is 1.82. The summed E-state index contributed by atoms with van der Waals surface area (Å²) in [5, 5.41) is 0. The monoisotopic (exact) mass is 178 g/mol. The van der Waals surface area contributed by atoms with Crippen molar-refractivity contribution < 1.29 is 0 Å². The van der Waals surface area contributed by atoms with Gasteiger partial charge in [-0.05, 0) is 49.4 Å². The Morgan fingerprint density at radius 1 is 1.15 bits per heavy atom. The van der Waals surface area contributed by atoms with Crippen LogP contribution in [0.5, 0.6) is 0 Å². The van der Waals surface area contributed by atoms with E-state index in [1.807, 2.05) is 0 Å². The van der Waals surface area contributed by atoms with Crippen molar-refractivity contribution in [3.63, 3.8) is 0 Å². The number of hydrogen-bond acceptors (Lipinski definition) is 0. The van der Waals surface area contributed by atoms with Gasteiger partial charge in [-0.2, -0.15) is 0 Å². The van der Waals surface area contributed by atoms with E-state index < -0.39 is 0 Å². The van der Waals surface area contributed by atoms with Crippen LogP contribution in [0, 0.1) is 10.8 Å². The highest BCUT2D eigenvalue weighted by Gasteiger charge is 2.42. The summed E-state index contributed by atoms with van der Waals surface area (Å²) in [6, 6.07) is 0. The van der Waals surface area contributed by atoms with Gasteiger partial charge in [-0.25, -0.2) is 0 Å². The lowest BCUT2D eigenvalue weighted by Crippen LogP contribution is -2.30. The zero-order valence-corrected chi connectivity index (χ0v) is 9.16. The van der Waals surface area contributed by atoms with Gasteiger partial charge in [0.1, 0.15) is 0 Å². The van der Waals surface area contributed by atoms with Crippen LogP contribution in [0.3, 0.4) is 0 Å². The van der Waals surface area contributed by atoms with Gasteiger partial charge in [0.15, 0.2) is 0 Å². The predicted octanol–water partition coefficient (Wildman–Crippen LogP) is 4.31. The van der Waals surface area contributed by atoms with Crippen molar-refractivity contribution in [3.8, 4) is 0 Å². The van der Waals surface area contributed by atoms with E-state index in [4.69, 9.17) is 0 Å². The van der Waals surface area contributed by atoms with Crippen molar-refractivity contribution in [1.82, 2.24) is 0 Å². The number of allylic oxidation sites excluding steroid dienone is 1. The Hall–Kier alpha value is -0.260. The maximum atomic E-state index is 4.15. The summed E-state index contributed by atoms with van der Waals surface area (Å²) in [6.07, 6.45) is 9.84. The van der Waals surface area contributed by atoms with Crippen molar-refractivity contribution in [1.29, 1.82) is 0 Å².